The van der Waals surface area contributed by atoms with Crippen molar-refractivity contribution in [3.05, 3.63) is 63.2 Å². The highest BCUT2D eigenvalue weighted by atomic mass is 16.6. The molecule has 0 radical (unpaired) electrons. The van der Waals surface area contributed by atoms with Gasteiger partial charge in [0.05, 0.1) is 11.1 Å². The molecule has 8 heteroatoms. The van der Waals surface area contributed by atoms with E-state index in [1.807, 2.05) is 26.0 Å². The lowest BCUT2D eigenvalue weighted by Gasteiger charge is -2.08. The van der Waals surface area contributed by atoms with Gasteiger partial charge in [0, 0.05) is 6.07 Å². The highest BCUT2D eigenvalue weighted by molar-refractivity contribution is 5.83. The number of nitro benzene ring substituents is 1. The van der Waals surface area contributed by atoms with Gasteiger partial charge >= 0.3 is 5.69 Å². The lowest BCUT2D eigenvalue weighted by Crippen LogP contribution is -2.24. The van der Waals surface area contributed by atoms with Crippen LogP contribution in [0, 0.1) is 24.0 Å². The summed E-state index contributed by atoms with van der Waals surface area (Å²) in [5, 5.41) is 23.8. The molecule has 2 N–H and O–H groups in total. The zero-order valence-corrected chi connectivity index (χ0v) is 13.7. The Balaban J connectivity index is 1.88. The number of hydrogen-bond donors (Lipinski definition) is 2. The Morgan fingerprint density at radius 2 is 2.08 bits per heavy atom. The van der Waals surface area contributed by atoms with Crippen molar-refractivity contribution in [2.24, 2.45) is 5.10 Å². The molecule has 0 spiro atoms. The second-order valence-corrected chi connectivity index (χ2v) is 5.36. The number of nitrogens with zero attached hydrogens (tertiary/aromatic N) is 2. The SMILES string of the molecule is Cc1ccc(OCC(=O)N/N=C/c2ccc([N+](=O)[O-])c(O)c2)c(C)c1. The number of nitro groups is 1. The highest BCUT2D eigenvalue weighted by Crippen LogP contribution is 2.25. The minimum Gasteiger partial charge on any atom is -0.502 e. The molecule has 0 aliphatic heterocycles. The minimum absolute atomic E-state index is 0.202. The van der Waals surface area contributed by atoms with Crippen LogP contribution in [0.25, 0.3) is 0 Å². The number of amides is 1. The second-order valence-electron chi connectivity index (χ2n) is 5.36. The summed E-state index contributed by atoms with van der Waals surface area (Å²) in [4.78, 5) is 21.6. The minimum atomic E-state index is -0.692. The Bertz CT molecular complexity index is 833. The normalized spacial score (nSPS) is 10.6. The van der Waals surface area contributed by atoms with Gasteiger partial charge in [0.2, 0.25) is 0 Å². The largest absolute Gasteiger partial charge is 0.502 e. The van der Waals surface area contributed by atoms with Crippen molar-refractivity contribution in [1.82, 2.24) is 5.43 Å². The van der Waals surface area contributed by atoms with Gasteiger partial charge in [-0.1, -0.05) is 17.7 Å². The van der Waals surface area contributed by atoms with Crippen molar-refractivity contribution in [3.63, 3.8) is 0 Å². The fourth-order valence-electron chi connectivity index (χ4n) is 2.09. The Morgan fingerprint density at radius 1 is 1.32 bits per heavy atom. The maximum atomic E-state index is 11.7. The molecule has 2 aromatic rings. The first kappa shape index (κ1) is 17.9. The molecule has 0 aromatic heterocycles. The molecule has 2 rings (SSSR count). The molecule has 0 unspecified atom stereocenters. The van der Waals surface area contributed by atoms with Crippen LogP contribution in [-0.4, -0.2) is 28.8 Å². The van der Waals surface area contributed by atoms with E-state index < -0.39 is 22.3 Å². The van der Waals surface area contributed by atoms with Gasteiger partial charge in [-0.05, 0) is 43.2 Å². The molecule has 0 aliphatic rings. The average Bonchev–Trinajstić information content (AvgIpc) is 2.53. The number of aromatic hydroxyl groups is 1. The van der Waals surface area contributed by atoms with E-state index in [0.717, 1.165) is 17.2 Å². The molecule has 1 amide bonds. The van der Waals surface area contributed by atoms with E-state index in [1.165, 1.54) is 18.3 Å². The summed E-state index contributed by atoms with van der Waals surface area (Å²) in [6.45, 7) is 3.65. The van der Waals surface area contributed by atoms with Gasteiger partial charge in [-0.2, -0.15) is 5.10 Å². The van der Waals surface area contributed by atoms with Crippen LogP contribution in [0.4, 0.5) is 5.69 Å². The van der Waals surface area contributed by atoms with Crippen molar-refractivity contribution in [1.29, 1.82) is 0 Å². The molecule has 25 heavy (non-hydrogen) atoms. The first-order valence-electron chi connectivity index (χ1n) is 7.36. The van der Waals surface area contributed by atoms with Crippen molar-refractivity contribution in [3.8, 4) is 11.5 Å². The van der Waals surface area contributed by atoms with E-state index in [9.17, 15) is 20.0 Å². The topological polar surface area (TPSA) is 114 Å². The van der Waals surface area contributed by atoms with Crippen LogP contribution in [0.5, 0.6) is 11.5 Å². The molecule has 0 aliphatic carbocycles. The van der Waals surface area contributed by atoms with Crippen LogP contribution >= 0.6 is 0 Å². The molecule has 2 aromatic carbocycles. The first-order valence-corrected chi connectivity index (χ1v) is 7.36. The van der Waals surface area contributed by atoms with E-state index in [0.29, 0.717) is 11.3 Å². The number of rotatable bonds is 6. The van der Waals surface area contributed by atoms with E-state index in [4.69, 9.17) is 4.74 Å². The van der Waals surface area contributed by atoms with Crippen LogP contribution in [0.15, 0.2) is 41.5 Å². The number of phenolic OH excluding ortho intramolecular Hbond substituents is 1. The van der Waals surface area contributed by atoms with Gasteiger partial charge < -0.3 is 9.84 Å². The Hall–Kier alpha value is -3.42. The molecule has 0 bridgehead atoms. The van der Waals surface area contributed by atoms with Crippen molar-refractivity contribution < 1.29 is 19.6 Å². The number of hydrogen-bond acceptors (Lipinski definition) is 6. The fraction of sp³-hybridized carbons (Fsp3) is 0.176. The number of aryl methyl sites for hydroxylation is 2. The van der Waals surface area contributed by atoms with Crippen LogP contribution in [0.1, 0.15) is 16.7 Å². The Morgan fingerprint density at radius 3 is 2.72 bits per heavy atom. The monoisotopic (exact) mass is 343 g/mol. The lowest BCUT2D eigenvalue weighted by molar-refractivity contribution is -0.385. The summed E-state index contributed by atoms with van der Waals surface area (Å²) in [5.41, 5.74) is 4.31. The molecule has 130 valence electrons. The molecule has 0 saturated heterocycles. The molecule has 8 nitrogen and oxygen atoms in total. The van der Waals surface area contributed by atoms with E-state index in [1.54, 1.807) is 6.07 Å². The number of ether oxygens (including phenoxy) is 1. The van der Waals surface area contributed by atoms with Gasteiger partial charge in [0.1, 0.15) is 5.75 Å². The van der Waals surface area contributed by atoms with E-state index in [2.05, 4.69) is 10.5 Å². The number of carbonyl (C=O) groups is 1. The third-order valence-electron chi connectivity index (χ3n) is 3.29. The summed E-state index contributed by atoms with van der Waals surface area (Å²) in [7, 11) is 0. The smallest absolute Gasteiger partial charge is 0.310 e. The van der Waals surface area contributed by atoms with Crippen LogP contribution in [0.2, 0.25) is 0 Å². The van der Waals surface area contributed by atoms with Gasteiger partial charge in [0.15, 0.2) is 12.4 Å². The zero-order valence-electron chi connectivity index (χ0n) is 13.7. The molecule has 0 atom stereocenters. The quantitative estimate of drug-likeness (QED) is 0.475. The van der Waals surface area contributed by atoms with Gasteiger partial charge in [-0.3, -0.25) is 14.9 Å². The Kier molecular flexibility index (Phi) is 5.67. The second kappa shape index (κ2) is 7.91. The van der Waals surface area contributed by atoms with Gasteiger partial charge in [-0.15, -0.1) is 0 Å². The third kappa shape index (κ3) is 5.03. The van der Waals surface area contributed by atoms with E-state index in [-0.39, 0.29) is 6.61 Å². The van der Waals surface area contributed by atoms with Crippen LogP contribution in [0.3, 0.4) is 0 Å². The molecule has 0 saturated carbocycles. The average molecular weight is 343 g/mol. The molecular weight excluding hydrogens is 326 g/mol. The van der Waals surface area contributed by atoms with Gasteiger partial charge in [-0.25, -0.2) is 5.43 Å². The maximum Gasteiger partial charge on any atom is 0.310 e. The van der Waals surface area contributed by atoms with Crippen molar-refractivity contribution >= 4 is 17.8 Å². The zero-order chi connectivity index (χ0) is 18.4. The van der Waals surface area contributed by atoms with Crippen molar-refractivity contribution in [2.75, 3.05) is 6.61 Å². The van der Waals surface area contributed by atoms with Crippen LogP contribution < -0.4 is 10.2 Å². The van der Waals surface area contributed by atoms with Crippen molar-refractivity contribution in [2.45, 2.75) is 13.8 Å². The summed E-state index contributed by atoms with van der Waals surface area (Å²) >= 11 is 0. The predicted molar refractivity (Wildman–Crippen MR) is 91.9 cm³/mol. The summed E-state index contributed by atoms with van der Waals surface area (Å²) in [6.07, 6.45) is 1.26. The standard InChI is InChI=1S/C17H17N3O5/c1-11-3-6-16(12(2)7-11)25-10-17(22)19-18-9-13-4-5-14(20(23)24)15(21)8-13/h3-9,21H,10H2,1-2H3,(H,19,22)/b18-9+. The number of benzene rings is 2. The number of hydrazone groups is 1. The first-order chi connectivity index (χ1) is 11.9. The fourth-order valence-corrected chi connectivity index (χ4v) is 2.09. The third-order valence-corrected chi connectivity index (χ3v) is 3.29. The number of phenols is 1. The molecular formula is C17H17N3O5. The maximum absolute atomic E-state index is 11.7. The summed E-state index contributed by atoms with van der Waals surface area (Å²) < 4.78 is 5.42. The number of carbonyl (C=O) groups excluding carboxylic acids is 1. The Labute approximate surface area is 143 Å². The molecule has 0 heterocycles. The summed E-state index contributed by atoms with van der Waals surface area (Å²) in [6, 6.07) is 9.37. The van der Waals surface area contributed by atoms with E-state index >= 15 is 0 Å². The summed E-state index contributed by atoms with van der Waals surface area (Å²) in [5.74, 6) is -0.314. The lowest BCUT2D eigenvalue weighted by atomic mass is 10.1. The molecule has 0 fully saturated rings. The predicted octanol–water partition coefficient (Wildman–Crippen LogP) is 2.45. The highest BCUT2D eigenvalue weighted by Gasteiger charge is 2.12. The van der Waals surface area contributed by atoms with Crippen LogP contribution in [-0.2, 0) is 4.79 Å². The number of nitrogens with one attached hydrogen (secondary N) is 1. The van der Waals surface area contributed by atoms with Gasteiger partial charge in [0.25, 0.3) is 5.91 Å².